The Bertz CT molecular complexity index is 627. The molecule has 116 valence electrons. The molecule has 1 aliphatic carbocycles. The van der Waals surface area contributed by atoms with Crippen LogP contribution in [0.1, 0.15) is 43.2 Å². The van der Waals surface area contributed by atoms with Crippen molar-refractivity contribution < 1.29 is 8.42 Å². The van der Waals surface area contributed by atoms with Gasteiger partial charge in [-0.05, 0) is 61.8 Å². The van der Waals surface area contributed by atoms with Crippen LogP contribution in [0.4, 0.5) is 0 Å². The van der Waals surface area contributed by atoms with Crippen LogP contribution in [0, 0.1) is 12.8 Å². The summed E-state index contributed by atoms with van der Waals surface area (Å²) in [6, 6.07) is 5.56. The van der Waals surface area contributed by atoms with Crippen LogP contribution in [-0.2, 0) is 16.6 Å². The molecular formula is C16H24N2O2S. The van der Waals surface area contributed by atoms with E-state index in [0.29, 0.717) is 23.9 Å². The predicted octanol–water partition coefficient (Wildman–Crippen LogP) is 2.41. The van der Waals surface area contributed by atoms with Crippen molar-refractivity contribution in [1.82, 2.24) is 4.31 Å². The Morgan fingerprint density at radius 3 is 2.76 bits per heavy atom. The second kappa shape index (κ2) is 5.71. The lowest BCUT2D eigenvalue weighted by Crippen LogP contribution is -2.46. The van der Waals surface area contributed by atoms with Gasteiger partial charge in [-0.2, -0.15) is 4.31 Å². The van der Waals surface area contributed by atoms with Gasteiger partial charge in [-0.3, -0.25) is 0 Å². The molecule has 2 N–H and O–H groups in total. The molecule has 2 aliphatic rings. The molecule has 4 nitrogen and oxygen atoms in total. The largest absolute Gasteiger partial charge is 0.326 e. The summed E-state index contributed by atoms with van der Waals surface area (Å²) in [6.45, 7) is 3.00. The van der Waals surface area contributed by atoms with Gasteiger partial charge in [-0.25, -0.2) is 8.42 Å². The number of piperidine rings is 1. The Hall–Kier alpha value is -0.910. The monoisotopic (exact) mass is 308 g/mol. The van der Waals surface area contributed by atoms with Crippen LogP contribution in [0.5, 0.6) is 0 Å². The minimum atomic E-state index is -3.39. The highest BCUT2D eigenvalue weighted by atomic mass is 32.2. The minimum absolute atomic E-state index is 0.214. The smallest absolute Gasteiger partial charge is 0.243 e. The molecule has 1 aliphatic heterocycles. The SMILES string of the molecule is Cc1ccc(S(=O)(=O)N2CCCC3CCCC32)cc1CN. The van der Waals surface area contributed by atoms with E-state index >= 15 is 0 Å². The lowest BCUT2D eigenvalue weighted by molar-refractivity contribution is 0.202. The zero-order chi connectivity index (χ0) is 15.0. The van der Waals surface area contributed by atoms with E-state index in [2.05, 4.69) is 0 Å². The molecule has 0 aromatic heterocycles. The van der Waals surface area contributed by atoms with Crippen LogP contribution < -0.4 is 5.73 Å². The second-order valence-electron chi connectivity index (χ2n) is 6.31. The number of rotatable bonds is 3. The maximum Gasteiger partial charge on any atom is 0.243 e. The number of hydrogen-bond acceptors (Lipinski definition) is 3. The van der Waals surface area contributed by atoms with E-state index in [1.54, 1.807) is 16.4 Å². The van der Waals surface area contributed by atoms with Crippen molar-refractivity contribution in [2.45, 2.75) is 56.5 Å². The summed E-state index contributed by atoms with van der Waals surface area (Å²) in [5, 5.41) is 0. The van der Waals surface area contributed by atoms with Crippen molar-refractivity contribution in [3.05, 3.63) is 29.3 Å². The van der Waals surface area contributed by atoms with Crippen molar-refractivity contribution in [3.8, 4) is 0 Å². The first-order valence-corrected chi connectivity index (χ1v) is 9.29. The zero-order valence-electron chi connectivity index (χ0n) is 12.6. The molecule has 1 aromatic carbocycles. The predicted molar refractivity (Wildman–Crippen MR) is 83.3 cm³/mol. The average molecular weight is 308 g/mol. The van der Waals surface area contributed by atoms with Gasteiger partial charge in [0.2, 0.25) is 10.0 Å². The van der Waals surface area contributed by atoms with Gasteiger partial charge in [0.15, 0.2) is 0 Å². The normalized spacial score (nSPS) is 26.8. The summed E-state index contributed by atoms with van der Waals surface area (Å²) in [4.78, 5) is 0.404. The molecule has 0 radical (unpaired) electrons. The molecule has 1 heterocycles. The Labute approximate surface area is 127 Å². The molecule has 1 aromatic rings. The number of fused-ring (bicyclic) bond motifs is 1. The quantitative estimate of drug-likeness (QED) is 0.932. The molecule has 1 saturated heterocycles. The molecule has 21 heavy (non-hydrogen) atoms. The van der Waals surface area contributed by atoms with Gasteiger partial charge in [-0.15, -0.1) is 0 Å². The van der Waals surface area contributed by atoms with Gasteiger partial charge in [0.25, 0.3) is 0 Å². The first-order valence-electron chi connectivity index (χ1n) is 7.85. The Balaban J connectivity index is 1.96. The van der Waals surface area contributed by atoms with Crippen molar-refractivity contribution in [3.63, 3.8) is 0 Å². The summed E-state index contributed by atoms with van der Waals surface area (Å²) >= 11 is 0. The lowest BCUT2D eigenvalue weighted by atomic mass is 9.94. The van der Waals surface area contributed by atoms with Crippen molar-refractivity contribution >= 4 is 10.0 Å². The summed E-state index contributed by atoms with van der Waals surface area (Å²) in [5.74, 6) is 0.563. The van der Waals surface area contributed by atoms with E-state index in [1.807, 2.05) is 13.0 Å². The van der Waals surface area contributed by atoms with Gasteiger partial charge < -0.3 is 5.73 Å². The van der Waals surface area contributed by atoms with Gasteiger partial charge in [-0.1, -0.05) is 12.5 Å². The first kappa shape index (κ1) is 15.0. The third-order valence-corrected chi connectivity index (χ3v) is 7.01. The minimum Gasteiger partial charge on any atom is -0.326 e. The summed E-state index contributed by atoms with van der Waals surface area (Å²) in [6.07, 6.45) is 5.51. The number of nitrogens with zero attached hydrogens (tertiary/aromatic N) is 1. The third-order valence-electron chi connectivity index (χ3n) is 5.09. The molecule has 5 heteroatoms. The fraction of sp³-hybridized carbons (Fsp3) is 0.625. The fourth-order valence-corrected chi connectivity index (χ4v) is 5.68. The maximum atomic E-state index is 13.0. The lowest BCUT2D eigenvalue weighted by Gasteiger charge is -2.36. The summed E-state index contributed by atoms with van der Waals surface area (Å²) in [7, 11) is -3.39. The van der Waals surface area contributed by atoms with Crippen molar-refractivity contribution in [2.24, 2.45) is 11.7 Å². The molecule has 3 rings (SSSR count). The number of sulfonamides is 1. The van der Waals surface area contributed by atoms with E-state index < -0.39 is 10.0 Å². The standard InChI is InChI=1S/C16H24N2O2S/c1-12-7-8-15(10-14(12)11-17)21(19,20)18-9-3-5-13-4-2-6-16(13)18/h7-8,10,13,16H,2-6,9,11,17H2,1H3. The van der Waals surface area contributed by atoms with Crippen LogP contribution in [0.2, 0.25) is 0 Å². The van der Waals surface area contributed by atoms with Gasteiger partial charge in [0, 0.05) is 19.1 Å². The van der Waals surface area contributed by atoms with E-state index in [1.165, 1.54) is 12.8 Å². The highest BCUT2D eigenvalue weighted by molar-refractivity contribution is 7.89. The molecular weight excluding hydrogens is 284 g/mol. The van der Waals surface area contributed by atoms with Gasteiger partial charge >= 0.3 is 0 Å². The number of aryl methyl sites for hydroxylation is 1. The molecule has 2 fully saturated rings. The second-order valence-corrected chi connectivity index (χ2v) is 8.20. The number of hydrogen-bond donors (Lipinski definition) is 1. The van der Waals surface area contributed by atoms with Crippen molar-refractivity contribution in [2.75, 3.05) is 6.54 Å². The highest BCUT2D eigenvalue weighted by Gasteiger charge is 2.41. The Morgan fingerprint density at radius 2 is 2.00 bits per heavy atom. The number of nitrogens with two attached hydrogens (primary N) is 1. The molecule has 2 atom stereocenters. The molecule has 1 saturated carbocycles. The Morgan fingerprint density at radius 1 is 1.24 bits per heavy atom. The number of benzene rings is 1. The average Bonchev–Trinajstić information content (AvgIpc) is 2.95. The molecule has 0 spiro atoms. The van der Waals surface area contributed by atoms with Crippen LogP contribution >= 0.6 is 0 Å². The van der Waals surface area contributed by atoms with Crippen LogP contribution in [0.25, 0.3) is 0 Å². The summed E-state index contributed by atoms with van der Waals surface area (Å²) < 4.78 is 27.8. The van der Waals surface area contributed by atoms with Crippen LogP contribution in [-0.4, -0.2) is 25.3 Å². The van der Waals surface area contributed by atoms with E-state index in [0.717, 1.165) is 30.4 Å². The highest BCUT2D eigenvalue weighted by Crippen LogP contribution is 2.39. The maximum absolute atomic E-state index is 13.0. The Kier molecular flexibility index (Phi) is 4.08. The molecule has 2 unspecified atom stereocenters. The van der Waals surface area contributed by atoms with Gasteiger partial charge in [0.05, 0.1) is 4.90 Å². The van der Waals surface area contributed by atoms with Gasteiger partial charge in [0.1, 0.15) is 0 Å². The summed E-state index contributed by atoms with van der Waals surface area (Å²) in [5.41, 5.74) is 7.68. The molecule has 0 amide bonds. The fourth-order valence-electron chi connectivity index (χ4n) is 3.87. The van der Waals surface area contributed by atoms with E-state index in [4.69, 9.17) is 5.73 Å². The van der Waals surface area contributed by atoms with Crippen molar-refractivity contribution in [1.29, 1.82) is 0 Å². The zero-order valence-corrected chi connectivity index (χ0v) is 13.4. The molecule has 0 bridgehead atoms. The van der Waals surface area contributed by atoms with Crippen LogP contribution in [0.3, 0.4) is 0 Å². The topological polar surface area (TPSA) is 63.4 Å². The van der Waals surface area contributed by atoms with E-state index in [-0.39, 0.29) is 6.04 Å². The third kappa shape index (κ3) is 2.62. The first-order chi connectivity index (χ1) is 10.0. The van der Waals surface area contributed by atoms with Crippen LogP contribution in [0.15, 0.2) is 23.1 Å². The van der Waals surface area contributed by atoms with E-state index in [9.17, 15) is 8.42 Å².